The topological polar surface area (TPSA) is 32.3 Å². The van der Waals surface area contributed by atoms with Gasteiger partial charge < -0.3 is 5.11 Å². The molecule has 0 aromatic carbocycles. The minimum atomic E-state index is -0.276. The molecule has 2 N–H and O–H groups in total. The van der Waals surface area contributed by atoms with Crippen LogP contribution in [0.25, 0.3) is 0 Å². The molecule has 2 heteroatoms. The molecule has 0 aliphatic heterocycles. The predicted molar refractivity (Wildman–Crippen MR) is 57.7 cm³/mol. The minimum Gasteiger partial charge on any atom is -0.379 e. The number of hydrogen-bond acceptors (Lipinski definition) is 2. The maximum absolute atomic E-state index is 9.43. The van der Waals surface area contributed by atoms with Gasteiger partial charge >= 0.3 is 0 Å². The summed E-state index contributed by atoms with van der Waals surface area (Å²) < 4.78 is 0. The summed E-state index contributed by atoms with van der Waals surface area (Å²) in [4.78, 5) is 0. The highest BCUT2D eigenvalue weighted by Crippen LogP contribution is 2.00. The smallest absolute Gasteiger partial charge is 0.104 e. The van der Waals surface area contributed by atoms with Gasteiger partial charge in [-0.1, -0.05) is 39.5 Å². The predicted octanol–water partition coefficient (Wildman–Crippen LogP) is 2.66. The van der Waals surface area contributed by atoms with Crippen LogP contribution in [0.1, 0.15) is 58.8 Å². The van der Waals surface area contributed by atoms with E-state index in [4.69, 9.17) is 0 Å². The largest absolute Gasteiger partial charge is 0.379 e. The van der Waals surface area contributed by atoms with Crippen LogP contribution in [0.5, 0.6) is 0 Å². The summed E-state index contributed by atoms with van der Waals surface area (Å²) >= 11 is 0. The van der Waals surface area contributed by atoms with E-state index in [1.165, 1.54) is 25.7 Å². The number of hydrogen-bond donors (Lipinski definition) is 2. The molecule has 1 unspecified atom stereocenters. The van der Waals surface area contributed by atoms with Gasteiger partial charge in [-0.2, -0.15) is 0 Å². The van der Waals surface area contributed by atoms with Crippen molar-refractivity contribution in [3.63, 3.8) is 0 Å². The molecule has 0 fully saturated rings. The van der Waals surface area contributed by atoms with E-state index < -0.39 is 0 Å². The van der Waals surface area contributed by atoms with Crippen LogP contribution < -0.4 is 5.32 Å². The molecule has 0 rings (SSSR count). The van der Waals surface area contributed by atoms with Gasteiger partial charge in [0.15, 0.2) is 0 Å². The molecule has 0 saturated heterocycles. The molecule has 0 aromatic rings. The Labute approximate surface area is 82.7 Å². The third-order valence-electron chi connectivity index (χ3n) is 2.24. The van der Waals surface area contributed by atoms with Crippen molar-refractivity contribution in [2.75, 3.05) is 6.54 Å². The second-order valence-electron chi connectivity index (χ2n) is 3.67. The molecule has 0 spiro atoms. The number of unbranched alkanes of at least 4 members (excludes halogenated alkanes) is 4. The zero-order valence-corrected chi connectivity index (χ0v) is 9.18. The third kappa shape index (κ3) is 9.84. The van der Waals surface area contributed by atoms with Crippen LogP contribution >= 0.6 is 0 Å². The summed E-state index contributed by atoms with van der Waals surface area (Å²) in [5.74, 6) is 0. The normalized spacial score (nSPS) is 13.2. The van der Waals surface area contributed by atoms with Gasteiger partial charge in [0.25, 0.3) is 0 Å². The van der Waals surface area contributed by atoms with Gasteiger partial charge in [0.05, 0.1) is 0 Å². The maximum Gasteiger partial charge on any atom is 0.104 e. The summed E-state index contributed by atoms with van der Waals surface area (Å²) in [6, 6.07) is 0. The lowest BCUT2D eigenvalue weighted by Crippen LogP contribution is -2.29. The molecule has 2 nitrogen and oxygen atoms in total. The Balaban J connectivity index is 3.03. The lowest BCUT2D eigenvalue weighted by atomic mass is 10.2. The first-order valence-electron chi connectivity index (χ1n) is 5.72. The average molecular weight is 187 g/mol. The van der Waals surface area contributed by atoms with Crippen LogP contribution in [-0.2, 0) is 0 Å². The molecule has 0 heterocycles. The third-order valence-corrected chi connectivity index (χ3v) is 2.24. The van der Waals surface area contributed by atoms with Crippen molar-refractivity contribution in [2.45, 2.75) is 65.0 Å². The van der Waals surface area contributed by atoms with Crippen molar-refractivity contribution in [1.29, 1.82) is 0 Å². The van der Waals surface area contributed by atoms with Crippen molar-refractivity contribution in [3.8, 4) is 0 Å². The van der Waals surface area contributed by atoms with E-state index in [2.05, 4.69) is 19.2 Å². The molecule has 0 amide bonds. The van der Waals surface area contributed by atoms with Gasteiger partial charge in [-0.05, 0) is 25.8 Å². The first kappa shape index (κ1) is 12.9. The number of aliphatic hydroxyl groups excluding tert-OH is 1. The molecule has 80 valence electrons. The molecular weight excluding hydrogens is 162 g/mol. The van der Waals surface area contributed by atoms with Crippen LogP contribution in [0.4, 0.5) is 0 Å². The van der Waals surface area contributed by atoms with Gasteiger partial charge in [0, 0.05) is 0 Å². The first-order chi connectivity index (χ1) is 6.31. The van der Waals surface area contributed by atoms with E-state index in [1.807, 2.05) is 0 Å². The summed E-state index contributed by atoms with van der Waals surface area (Å²) in [5.41, 5.74) is 0. The Bertz CT molecular complexity index is 96.1. The first-order valence-corrected chi connectivity index (χ1v) is 5.72. The monoisotopic (exact) mass is 187 g/mol. The van der Waals surface area contributed by atoms with Gasteiger partial charge in [-0.3, -0.25) is 5.32 Å². The van der Waals surface area contributed by atoms with Crippen LogP contribution in [0.15, 0.2) is 0 Å². The standard InChI is InChI=1S/C11H25NO/c1-3-5-7-8-10-12-11(13)9-6-4-2/h11-13H,3-10H2,1-2H3. The van der Waals surface area contributed by atoms with Crippen LogP contribution in [0.2, 0.25) is 0 Å². The molecule has 13 heavy (non-hydrogen) atoms. The molecular formula is C11H25NO. The highest BCUT2D eigenvalue weighted by Gasteiger charge is 2.00. The number of aliphatic hydroxyl groups is 1. The second kappa shape index (κ2) is 10.0. The maximum atomic E-state index is 9.43. The van der Waals surface area contributed by atoms with Gasteiger partial charge in [-0.15, -0.1) is 0 Å². The Hall–Kier alpha value is -0.0800. The van der Waals surface area contributed by atoms with Gasteiger partial charge in [-0.25, -0.2) is 0 Å². The van der Waals surface area contributed by atoms with Crippen molar-refractivity contribution >= 4 is 0 Å². The van der Waals surface area contributed by atoms with E-state index in [9.17, 15) is 5.11 Å². The SMILES string of the molecule is CCCCCCNC(O)CCCC. The van der Waals surface area contributed by atoms with Gasteiger partial charge in [0.2, 0.25) is 0 Å². The van der Waals surface area contributed by atoms with E-state index >= 15 is 0 Å². The lowest BCUT2D eigenvalue weighted by Gasteiger charge is -2.11. The molecule has 0 aliphatic carbocycles. The minimum absolute atomic E-state index is 0.276. The van der Waals surface area contributed by atoms with E-state index in [0.29, 0.717) is 0 Å². The Morgan fingerprint density at radius 1 is 1.00 bits per heavy atom. The Morgan fingerprint density at radius 2 is 1.69 bits per heavy atom. The summed E-state index contributed by atoms with van der Waals surface area (Å²) in [7, 11) is 0. The lowest BCUT2D eigenvalue weighted by molar-refractivity contribution is 0.125. The quantitative estimate of drug-likeness (QED) is 0.429. The molecule has 0 aromatic heterocycles. The summed E-state index contributed by atoms with van der Waals surface area (Å²) in [6.45, 7) is 5.32. The zero-order valence-electron chi connectivity index (χ0n) is 9.18. The zero-order chi connectivity index (χ0) is 9.94. The fraction of sp³-hybridized carbons (Fsp3) is 1.00. The molecule has 0 aliphatic rings. The molecule has 0 bridgehead atoms. The fourth-order valence-electron chi connectivity index (χ4n) is 1.32. The van der Waals surface area contributed by atoms with Crippen molar-refractivity contribution in [3.05, 3.63) is 0 Å². The van der Waals surface area contributed by atoms with Crippen LogP contribution in [0, 0.1) is 0 Å². The van der Waals surface area contributed by atoms with Crippen molar-refractivity contribution in [2.24, 2.45) is 0 Å². The van der Waals surface area contributed by atoms with Crippen LogP contribution in [-0.4, -0.2) is 17.9 Å². The second-order valence-corrected chi connectivity index (χ2v) is 3.67. The van der Waals surface area contributed by atoms with Crippen molar-refractivity contribution < 1.29 is 5.11 Å². The summed E-state index contributed by atoms with van der Waals surface area (Å²) in [6.07, 6.45) is 7.95. The van der Waals surface area contributed by atoms with E-state index in [1.54, 1.807) is 0 Å². The molecule has 0 radical (unpaired) electrons. The molecule has 1 atom stereocenters. The number of rotatable bonds is 9. The van der Waals surface area contributed by atoms with Gasteiger partial charge in [0.1, 0.15) is 6.23 Å². The van der Waals surface area contributed by atoms with Crippen LogP contribution in [0.3, 0.4) is 0 Å². The fourth-order valence-corrected chi connectivity index (χ4v) is 1.32. The Morgan fingerprint density at radius 3 is 2.31 bits per heavy atom. The molecule has 0 saturated carbocycles. The average Bonchev–Trinajstić information content (AvgIpc) is 2.14. The number of nitrogens with one attached hydrogen (secondary N) is 1. The Kier molecular flexibility index (Phi) is 9.94. The van der Waals surface area contributed by atoms with E-state index in [-0.39, 0.29) is 6.23 Å². The van der Waals surface area contributed by atoms with E-state index in [0.717, 1.165) is 25.8 Å². The van der Waals surface area contributed by atoms with Crippen molar-refractivity contribution in [1.82, 2.24) is 5.32 Å². The summed E-state index contributed by atoms with van der Waals surface area (Å²) in [5, 5.41) is 12.6. The highest BCUT2D eigenvalue weighted by molar-refractivity contribution is 4.53. The highest BCUT2D eigenvalue weighted by atomic mass is 16.3.